The molecule has 0 aliphatic carbocycles. The normalized spacial score (nSPS) is 12.9. The van der Waals surface area contributed by atoms with Gasteiger partial charge in [0.2, 0.25) is 0 Å². The fourth-order valence-corrected chi connectivity index (χ4v) is 6.55. The smallest absolute Gasteiger partial charge is 0.324 e. The van der Waals surface area contributed by atoms with Crippen LogP contribution in [-0.2, 0) is 26.0 Å². The Morgan fingerprint density at radius 3 is 2.46 bits per heavy atom. The molecule has 0 radical (unpaired) electrons. The predicted octanol–water partition coefficient (Wildman–Crippen LogP) is 3.76. The van der Waals surface area contributed by atoms with E-state index in [9.17, 15) is 23.1 Å². The van der Waals surface area contributed by atoms with Crippen LogP contribution in [0.3, 0.4) is 0 Å². The van der Waals surface area contributed by atoms with E-state index in [4.69, 9.17) is 15.9 Å². The lowest BCUT2D eigenvalue weighted by Crippen LogP contribution is -2.39. The van der Waals surface area contributed by atoms with Gasteiger partial charge in [-0.3, -0.25) is 19.3 Å². The summed E-state index contributed by atoms with van der Waals surface area (Å²) in [5, 5.41) is 18.3. The van der Waals surface area contributed by atoms with Gasteiger partial charge < -0.3 is 20.5 Å². The van der Waals surface area contributed by atoms with Crippen LogP contribution in [0.1, 0.15) is 17.5 Å². The SMILES string of the molecule is N=C(N)c1ccc(OCC(=O)N2CCCc3cc(N(CC(=O)O)S(=O)(=O)c4cccc5ccccc45)ccc32)cc1. The molecule has 1 heterocycles. The molecule has 1 aliphatic rings. The largest absolute Gasteiger partial charge is 0.484 e. The maximum Gasteiger partial charge on any atom is 0.324 e. The predicted molar refractivity (Wildman–Crippen MR) is 156 cm³/mol. The first-order valence-corrected chi connectivity index (χ1v) is 14.3. The van der Waals surface area contributed by atoms with Crippen molar-refractivity contribution in [3.05, 3.63) is 96.1 Å². The Labute approximate surface area is 237 Å². The molecule has 0 aromatic heterocycles. The number of carbonyl (C=O) groups is 2. The number of carboxylic acid groups (broad SMARTS) is 1. The van der Waals surface area contributed by atoms with Crippen LogP contribution < -0.4 is 19.7 Å². The zero-order chi connectivity index (χ0) is 29.1. The van der Waals surface area contributed by atoms with Gasteiger partial charge in [0.05, 0.1) is 10.6 Å². The zero-order valence-electron chi connectivity index (χ0n) is 22.0. The van der Waals surface area contributed by atoms with E-state index in [1.807, 2.05) is 0 Å². The fourth-order valence-electron chi connectivity index (χ4n) is 4.93. The number of fused-ring (bicyclic) bond motifs is 2. The van der Waals surface area contributed by atoms with E-state index in [-0.39, 0.29) is 28.9 Å². The van der Waals surface area contributed by atoms with Crippen LogP contribution in [0.4, 0.5) is 11.4 Å². The van der Waals surface area contributed by atoms with E-state index in [1.54, 1.807) is 77.7 Å². The topological polar surface area (TPSA) is 154 Å². The lowest BCUT2D eigenvalue weighted by molar-refractivity contribution is -0.135. The second-order valence-electron chi connectivity index (χ2n) is 9.57. The number of nitrogens with zero attached hydrogens (tertiary/aromatic N) is 2. The average molecular weight is 573 g/mol. The number of hydrogen-bond acceptors (Lipinski definition) is 6. The lowest BCUT2D eigenvalue weighted by atomic mass is 10.0. The summed E-state index contributed by atoms with van der Waals surface area (Å²) < 4.78 is 34.3. The maximum absolute atomic E-state index is 13.9. The molecule has 0 atom stereocenters. The van der Waals surface area contributed by atoms with Gasteiger partial charge in [-0.1, -0.05) is 36.4 Å². The van der Waals surface area contributed by atoms with Crippen LogP contribution in [0, 0.1) is 5.41 Å². The lowest BCUT2D eigenvalue weighted by Gasteiger charge is -2.31. The molecule has 41 heavy (non-hydrogen) atoms. The number of nitrogen functional groups attached to an aromatic ring is 1. The molecule has 0 saturated carbocycles. The second kappa shape index (κ2) is 11.3. The molecular weight excluding hydrogens is 544 g/mol. The number of nitrogens with two attached hydrogens (primary N) is 1. The highest BCUT2D eigenvalue weighted by atomic mass is 32.2. The number of carboxylic acids is 1. The second-order valence-corrected chi connectivity index (χ2v) is 11.4. The molecule has 4 aromatic carbocycles. The Hall–Kier alpha value is -4.90. The molecule has 4 aromatic rings. The third kappa shape index (κ3) is 5.71. The molecular formula is C30H28N4O6S. The summed E-state index contributed by atoms with van der Waals surface area (Å²) in [6, 6.07) is 23.3. The number of rotatable bonds is 9. The molecule has 0 fully saturated rings. The van der Waals surface area contributed by atoms with Crippen molar-refractivity contribution >= 4 is 49.9 Å². The van der Waals surface area contributed by atoms with Gasteiger partial charge in [0.25, 0.3) is 15.9 Å². The first-order chi connectivity index (χ1) is 19.6. The number of aryl methyl sites for hydroxylation is 1. The monoisotopic (exact) mass is 572 g/mol. The van der Waals surface area contributed by atoms with Gasteiger partial charge in [0, 0.05) is 23.2 Å². The third-order valence-electron chi connectivity index (χ3n) is 6.89. The quantitative estimate of drug-likeness (QED) is 0.204. The summed E-state index contributed by atoms with van der Waals surface area (Å²) in [7, 11) is -4.25. The van der Waals surface area contributed by atoms with Crippen molar-refractivity contribution in [2.24, 2.45) is 5.73 Å². The third-order valence-corrected chi connectivity index (χ3v) is 8.73. The van der Waals surface area contributed by atoms with Gasteiger partial charge in [0.15, 0.2) is 6.61 Å². The van der Waals surface area contributed by atoms with Crippen molar-refractivity contribution in [3.63, 3.8) is 0 Å². The van der Waals surface area contributed by atoms with Crippen molar-refractivity contribution < 1.29 is 27.9 Å². The molecule has 0 spiro atoms. The molecule has 11 heteroatoms. The van der Waals surface area contributed by atoms with Crippen LogP contribution in [0.15, 0.2) is 89.8 Å². The molecule has 1 amide bonds. The summed E-state index contributed by atoms with van der Waals surface area (Å²) >= 11 is 0. The molecule has 10 nitrogen and oxygen atoms in total. The van der Waals surface area contributed by atoms with Crippen molar-refractivity contribution in [2.75, 3.05) is 28.9 Å². The number of benzene rings is 4. The number of hydrogen-bond donors (Lipinski definition) is 3. The minimum Gasteiger partial charge on any atom is -0.484 e. The Bertz CT molecular complexity index is 1750. The Kier molecular flexibility index (Phi) is 7.62. The van der Waals surface area contributed by atoms with Crippen LogP contribution in [0.25, 0.3) is 10.8 Å². The number of amidine groups is 1. The van der Waals surface area contributed by atoms with Gasteiger partial charge in [-0.25, -0.2) is 8.42 Å². The van der Waals surface area contributed by atoms with E-state index >= 15 is 0 Å². The molecule has 0 bridgehead atoms. The van der Waals surface area contributed by atoms with E-state index in [0.29, 0.717) is 41.8 Å². The number of amides is 1. The first-order valence-electron chi connectivity index (χ1n) is 12.9. The van der Waals surface area contributed by atoms with Gasteiger partial charge >= 0.3 is 5.97 Å². The molecule has 0 unspecified atom stereocenters. The van der Waals surface area contributed by atoms with Crippen molar-refractivity contribution in [2.45, 2.75) is 17.7 Å². The number of nitrogens with one attached hydrogen (secondary N) is 1. The molecule has 0 saturated heterocycles. The van der Waals surface area contributed by atoms with Gasteiger partial charge in [-0.05, 0) is 72.3 Å². The number of carbonyl (C=O) groups excluding carboxylic acids is 1. The highest BCUT2D eigenvalue weighted by Gasteiger charge is 2.30. The molecule has 210 valence electrons. The van der Waals surface area contributed by atoms with E-state index in [1.165, 1.54) is 12.1 Å². The van der Waals surface area contributed by atoms with Crippen molar-refractivity contribution in [1.82, 2.24) is 0 Å². The van der Waals surface area contributed by atoms with Crippen molar-refractivity contribution in [1.29, 1.82) is 5.41 Å². The fraction of sp³-hybridized carbons (Fsp3) is 0.167. The summed E-state index contributed by atoms with van der Waals surface area (Å²) in [6.45, 7) is -0.518. The summed E-state index contributed by atoms with van der Waals surface area (Å²) in [5.41, 5.74) is 7.58. The zero-order valence-corrected chi connectivity index (χ0v) is 22.8. The molecule has 5 rings (SSSR count). The van der Waals surface area contributed by atoms with Crippen molar-refractivity contribution in [3.8, 4) is 5.75 Å². The summed E-state index contributed by atoms with van der Waals surface area (Å²) in [4.78, 5) is 26.5. The van der Waals surface area contributed by atoms with Crippen LogP contribution in [0.5, 0.6) is 5.75 Å². The van der Waals surface area contributed by atoms with Crippen LogP contribution in [-0.4, -0.2) is 50.9 Å². The Morgan fingerprint density at radius 1 is 1.00 bits per heavy atom. The summed E-state index contributed by atoms with van der Waals surface area (Å²) in [5.74, 6) is -1.18. The minimum atomic E-state index is -4.25. The van der Waals surface area contributed by atoms with E-state index < -0.39 is 22.5 Å². The minimum absolute atomic E-state index is 0.0138. The van der Waals surface area contributed by atoms with Gasteiger partial charge in [-0.15, -0.1) is 0 Å². The Balaban J connectivity index is 1.42. The van der Waals surface area contributed by atoms with E-state index in [2.05, 4.69) is 0 Å². The highest BCUT2D eigenvalue weighted by molar-refractivity contribution is 7.93. The number of anilines is 2. The highest BCUT2D eigenvalue weighted by Crippen LogP contribution is 2.34. The average Bonchev–Trinajstić information content (AvgIpc) is 2.97. The number of ether oxygens (including phenoxy) is 1. The molecule has 4 N–H and O–H groups in total. The van der Waals surface area contributed by atoms with Gasteiger partial charge in [-0.2, -0.15) is 0 Å². The summed E-state index contributed by atoms with van der Waals surface area (Å²) in [6.07, 6.45) is 1.24. The number of sulfonamides is 1. The van der Waals surface area contributed by atoms with Crippen LogP contribution in [0.2, 0.25) is 0 Å². The number of aliphatic carboxylic acids is 1. The molecule has 1 aliphatic heterocycles. The van der Waals surface area contributed by atoms with Crippen LogP contribution >= 0.6 is 0 Å². The standard InChI is InChI=1S/C30H28N4O6S/c31-30(32)21-10-13-24(14-11-21)40-19-28(35)33-16-4-7-22-17-23(12-15-26(22)33)34(18-29(36)37)41(38,39)27-9-3-6-20-5-1-2-8-25(20)27/h1-3,5-6,8-15,17H,4,7,16,18-19H2,(H3,31,32)(H,36,37). The van der Waals surface area contributed by atoms with E-state index in [0.717, 1.165) is 15.3 Å². The van der Waals surface area contributed by atoms with Gasteiger partial charge in [0.1, 0.15) is 18.1 Å². The first kappa shape index (κ1) is 27.7. The Morgan fingerprint density at radius 2 is 1.73 bits per heavy atom. The maximum atomic E-state index is 13.9.